The monoisotopic (exact) mass is 223 g/mol. The van der Waals surface area contributed by atoms with Gasteiger partial charge in [0, 0.05) is 19.1 Å². The lowest BCUT2D eigenvalue weighted by atomic mass is 10.0. The van der Waals surface area contributed by atoms with Gasteiger partial charge in [-0.3, -0.25) is 0 Å². The molecule has 1 heterocycles. The Hall–Kier alpha value is -0.560. The van der Waals surface area contributed by atoms with Crippen LogP contribution < -0.4 is 5.32 Å². The van der Waals surface area contributed by atoms with Crippen LogP contribution in [0.4, 0.5) is 0 Å². The molecule has 0 aromatic rings. The summed E-state index contributed by atoms with van der Waals surface area (Å²) in [6, 6.07) is 0.760. The Labute approximate surface area is 100 Å². The van der Waals surface area contributed by atoms with Crippen molar-refractivity contribution in [3.63, 3.8) is 0 Å². The van der Waals surface area contributed by atoms with Crippen LogP contribution >= 0.6 is 0 Å². The molecule has 3 heteroatoms. The molecular formula is C13H25N3. The van der Waals surface area contributed by atoms with Gasteiger partial charge in [0.15, 0.2) is 0 Å². The third kappa shape index (κ3) is 4.52. The lowest BCUT2D eigenvalue weighted by molar-refractivity contribution is 0.132. The first kappa shape index (κ1) is 13.5. The van der Waals surface area contributed by atoms with Crippen LogP contribution in [0, 0.1) is 12.3 Å². The summed E-state index contributed by atoms with van der Waals surface area (Å²) < 4.78 is 0. The smallest absolute Gasteiger partial charge is 0.0574 e. The topological polar surface area (TPSA) is 18.5 Å². The van der Waals surface area contributed by atoms with E-state index in [2.05, 4.69) is 35.0 Å². The van der Waals surface area contributed by atoms with Crippen LogP contribution in [0.15, 0.2) is 0 Å². The summed E-state index contributed by atoms with van der Waals surface area (Å²) in [4.78, 5) is 5.00. The lowest BCUT2D eigenvalue weighted by Gasteiger charge is -2.36. The Morgan fingerprint density at radius 3 is 2.69 bits per heavy atom. The molecule has 0 saturated carbocycles. The number of nitrogens with one attached hydrogen (secondary N) is 1. The van der Waals surface area contributed by atoms with Crippen molar-refractivity contribution in [2.75, 3.05) is 46.3 Å². The third-order valence-corrected chi connectivity index (χ3v) is 3.50. The van der Waals surface area contributed by atoms with Gasteiger partial charge < -0.3 is 15.1 Å². The van der Waals surface area contributed by atoms with Gasteiger partial charge in [-0.2, -0.15) is 0 Å². The van der Waals surface area contributed by atoms with E-state index in [9.17, 15) is 0 Å². The second kappa shape index (κ2) is 7.67. The van der Waals surface area contributed by atoms with Gasteiger partial charge in [-0.25, -0.2) is 0 Å². The minimum Gasteiger partial charge on any atom is -0.305 e. The summed E-state index contributed by atoms with van der Waals surface area (Å²) in [5, 5.41) is 3.24. The van der Waals surface area contributed by atoms with E-state index < -0.39 is 0 Å². The number of hydrogen-bond acceptors (Lipinski definition) is 3. The molecule has 1 fully saturated rings. The lowest BCUT2D eigenvalue weighted by Crippen LogP contribution is -2.45. The van der Waals surface area contributed by atoms with Crippen LogP contribution in [0.25, 0.3) is 0 Å². The molecule has 1 aliphatic rings. The number of terminal acetylenes is 1. The minimum atomic E-state index is 0.683. The molecule has 92 valence electrons. The molecular weight excluding hydrogens is 198 g/mol. The van der Waals surface area contributed by atoms with Crippen LogP contribution in [-0.2, 0) is 0 Å². The van der Waals surface area contributed by atoms with E-state index in [4.69, 9.17) is 6.42 Å². The Morgan fingerprint density at radius 1 is 1.44 bits per heavy atom. The van der Waals surface area contributed by atoms with E-state index in [0.717, 1.165) is 19.1 Å². The van der Waals surface area contributed by atoms with E-state index in [0.29, 0.717) is 6.54 Å². The predicted molar refractivity (Wildman–Crippen MR) is 69.5 cm³/mol. The molecule has 1 saturated heterocycles. The van der Waals surface area contributed by atoms with Gasteiger partial charge in [0.2, 0.25) is 0 Å². The van der Waals surface area contributed by atoms with Gasteiger partial charge >= 0.3 is 0 Å². The Morgan fingerprint density at radius 2 is 2.12 bits per heavy atom. The van der Waals surface area contributed by atoms with Crippen molar-refractivity contribution >= 4 is 0 Å². The molecule has 0 spiro atoms. The first-order chi connectivity index (χ1) is 7.77. The summed E-state index contributed by atoms with van der Waals surface area (Å²) >= 11 is 0. The molecule has 0 aromatic heterocycles. The maximum Gasteiger partial charge on any atom is 0.0574 e. The predicted octanol–water partition coefficient (Wildman–Crippen LogP) is 0.625. The van der Waals surface area contributed by atoms with Crippen molar-refractivity contribution in [2.45, 2.75) is 25.8 Å². The molecule has 0 bridgehead atoms. The Bertz CT molecular complexity index is 214. The second-order valence-corrected chi connectivity index (χ2v) is 4.53. The third-order valence-electron chi connectivity index (χ3n) is 3.50. The minimum absolute atomic E-state index is 0.683. The largest absolute Gasteiger partial charge is 0.305 e. The van der Waals surface area contributed by atoms with Crippen LogP contribution in [0.1, 0.15) is 19.8 Å². The maximum absolute atomic E-state index is 5.19. The number of rotatable bonds is 6. The van der Waals surface area contributed by atoms with Crippen molar-refractivity contribution < 1.29 is 0 Å². The zero-order valence-electron chi connectivity index (χ0n) is 10.7. The second-order valence-electron chi connectivity index (χ2n) is 4.53. The molecule has 0 radical (unpaired) electrons. The van der Waals surface area contributed by atoms with E-state index in [1.807, 2.05) is 0 Å². The van der Waals surface area contributed by atoms with E-state index in [1.165, 1.54) is 32.5 Å². The highest BCUT2D eigenvalue weighted by atomic mass is 15.2. The van der Waals surface area contributed by atoms with Gasteiger partial charge in [-0.1, -0.05) is 12.8 Å². The molecule has 1 N–H and O–H groups in total. The van der Waals surface area contributed by atoms with Gasteiger partial charge in [-0.15, -0.1) is 6.42 Å². The van der Waals surface area contributed by atoms with Crippen LogP contribution in [0.5, 0.6) is 0 Å². The molecule has 0 aromatic carbocycles. The highest BCUT2D eigenvalue weighted by molar-refractivity contribution is 4.86. The standard InChI is InChI=1S/C13H25N3/c1-4-8-14-9-12-15(3)13-6-10-16(5-2)11-7-13/h1,13-14H,5-12H2,2-3H3. The first-order valence-corrected chi connectivity index (χ1v) is 6.34. The number of nitrogens with zero attached hydrogens (tertiary/aromatic N) is 2. The fourth-order valence-electron chi connectivity index (χ4n) is 2.27. The van der Waals surface area contributed by atoms with Crippen LogP contribution in [-0.4, -0.2) is 62.2 Å². The van der Waals surface area contributed by atoms with E-state index in [1.54, 1.807) is 0 Å². The maximum atomic E-state index is 5.19. The molecule has 16 heavy (non-hydrogen) atoms. The van der Waals surface area contributed by atoms with Crippen molar-refractivity contribution in [3.8, 4) is 12.3 Å². The van der Waals surface area contributed by atoms with E-state index in [-0.39, 0.29) is 0 Å². The van der Waals surface area contributed by atoms with Crippen molar-refractivity contribution in [2.24, 2.45) is 0 Å². The average Bonchev–Trinajstić information content (AvgIpc) is 2.34. The van der Waals surface area contributed by atoms with Crippen molar-refractivity contribution in [1.29, 1.82) is 0 Å². The van der Waals surface area contributed by atoms with Gasteiger partial charge in [-0.05, 0) is 39.5 Å². The number of likely N-dealkylation sites (N-methyl/N-ethyl adjacent to an activating group) is 1. The highest BCUT2D eigenvalue weighted by Crippen LogP contribution is 2.14. The average molecular weight is 223 g/mol. The van der Waals surface area contributed by atoms with Crippen molar-refractivity contribution in [3.05, 3.63) is 0 Å². The highest BCUT2D eigenvalue weighted by Gasteiger charge is 2.20. The molecule has 0 amide bonds. The summed E-state index contributed by atoms with van der Waals surface area (Å²) in [6.07, 6.45) is 7.80. The normalized spacial score (nSPS) is 18.9. The number of piperidine rings is 1. The van der Waals surface area contributed by atoms with Gasteiger partial charge in [0.1, 0.15) is 0 Å². The summed E-state index contributed by atoms with van der Waals surface area (Å²) in [7, 11) is 2.23. The summed E-state index contributed by atoms with van der Waals surface area (Å²) in [5.74, 6) is 2.60. The molecule has 0 aliphatic carbocycles. The molecule has 1 rings (SSSR count). The van der Waals surface area contributed by atoms with Gasteiger partial charge in [0.25, 0.3) is 0 Å². The Balaban J connectivity index is 2.13. The zero-order valence-corrected chi connectivity index (χ0v) is 10.7. The quantitative estimate of drug-likeness (QED) is 0.526. The summed E-state index contributed by atoms with van der Waals surface area (Å²) in [6.45, 7) is 8.72. The SMILES string of the molecule is C#CCNCCN(C)C1CCN(CC)CC1. The molecule has 3 nitrogen and oxygen atoms in total. The van der Waals surface area contributed by atoms with Crippen LogP contribution in [0.2, 0.25) is 0 Å². The van der Waals surface area contributed by atoms with E-state index >= 15 is 0 Å². The fraction of sp³-hybridized carbons (Fsp3) is 0.846. The van der Waals surface area contributed by atoms with Crippen LogP contribution in [0.3, 0.4) is 0 Å². The van der Waals surface area contributed by atoms with Crippen molar-refractivity contribution in [1.82, 2.24) is 15.1 Å². The van der Waals surface area contributed by atoms with Gasteiger partial charge in [0.05, 0.1) is 6.54 Å². The number of likely N-dealkylation sites (tertiary alicyclic amines) is 1. The molecule has 0 atom stereocenters. The Kier molecular flexibility index (Phi) is 6.47. The molecule has 1 aliphatic heterocycles. The first-order valence-electron chi connectivity index (χ1n) is 6.34. The molecule has 0 unspecified atom stereocenters. The zero-order chi connectivity index (χ0) is 11.8. The fourth-order valence-corrected chi connectivity index (χ4v) is 2.27. The summed E-state index contributed by atoms with van der Waals surface area (Å²) in [5.41, 5.74) is 0. The number of hydrogen-bond donors (Lipinski definition) is 1.